The van der Waals surface area contributed by atoms with Gasteiger partial charge in [0.2, 0.25) is 0 Å². The summed E-state index contributed by atoms with van der Waals surface area (Å²) in [5.74, 6) is -0.379. The van der Waals surface area contributed by atoms with Gasteiger partial charge in [-0.1, -0.05) is 0 Å². The zero-order chi connectivity index (χ0) is 13.9. The standard InChI is InChI=1S/C13H21NO4S/c1-3-18-12(16)13(8-15)11(17-2)9-4-6-14-7-5-10(9)19-13/h11,14-15H,3-8H2,1-2H3. The molecule has 0 saturated carbocycles. The molecule has 0 aromatic rings. The fourth-order valence-corrected chi connectivity index (χ4v) is 4.25. The van der Waals surface area contributed by atoms with Crippen molar-refractivity contribution in [2.24, 2.45) is 0 Å². The van der Waals surface area contributed by atoms with Gasteiger partial charge < -0.3 is 19.9 Å². The number of methoxy groups -OCH3 is 1. The van der Waals surface area contributed by atoms with Gasteiger partial charge >= 0.3 is 5.97 Å². The fraction of sp³-hybridized carbons (Fsp3) is 0.769. The lowest BCUT2D eigenvalue weighted by molar-refractivity contribution is -0.150. The third-order valence-electron chi connectivity index (χ3n) is 3.60. The number of aliphatic hydroxyl groups is 1. The van der Waals surface area contributed by atoms with Crippen molar-refractivity contribution in [3.8, 4) is 0 Å². The number of rotatable bonds is 4. The van der Waals surface area contributed by atoms with E-state index in [1.165, 1.54) is 16.7 Å². The van der Waals surface area contributed by atoms with Crippen LogP contribution in [0.5, 0.6) is 0 Å². The molecule has 0 amide bonds. The van der Waals surface area contributed by atoms with Gasteiger partial charge in [0.05, 0.1) is 13.2 Å². The van der Waals surface area contributed by atoms with Gasteiger partial charge in [0, 0.05) is 7.11 Å². The van der Waals surface area contributed by atoms with E-state index in [1.807, 2.05) is 0 Å². The number of thioether (sulfide) groups is 1. The molecule has 2 N–H and O–H groups in total. The summed E-state index contributed by atoms with van der Waals surface area (Å²) in [6.07, 6.45) is 1.33. The van der Waals surface area contributed by atoms with E-state index in [-0.39, 0.29) is 12.6 Å². The quantitative estimate of drug-likeness (QED) is 0.741. The molecule has 2 aliphatic rings. The summed E-state index contributed by atoms with van der Waals surface area (Å²) >= 11 is 1.43. The maximum absolute atomic E-state index is 12.3. The Hall–Kier alpha value is -0.560. The molecule has 6 heteroatoms. The number of hydrogen-bond acceptors (Lipinski definition) is 6. The number of aliphatic hydroxyl groups excluding tert-OH is 1. The van der Waals surface area contributed by atoms with Crippen LogP contribution < -0.4 is 5.32 Å². The average molecular weight is 287 g/mol. The minimum Gasteiger partial charge on any atom is -0.465 e. The third kappa shape index (κ3) is 2.54. The molecule has 0 radical (unpaired) electrons. The van der Waals surface area contributed by atoms with Crippen molar-refractivity contribution in [3.63, 3.8) is 0 Å². The van der Waals surface area contributed by atoms with Crippen molar-refractivity contribution < 1.29 is 19.4 Å². The zero-order valence-electron chi connectivity index (χ0n) is 11.4. The van der Waals surface area contributed by atoms with Crippen LogP contribution in [0.25, 0.3) is 0 Å². The highest BCUT2D eigenvalue weighted by Gasteiger charge is 2.55. The number of carbonyl (C=O) groups excluding carboxylic acids is 1. The number of ether oxygens (including phenoxy) is 2. The summed E-state index contributed by atoms with van der Waals surface area (Å²) < 4.78 is 9.67. The summed E-state index contributed by atoms with van der Waals surface area (Å²) in [6.45, 7) is 3.59. The normalized spacial score (nSPS) is 31.0. The highest BCUT2D eigenvalue weighted by atomic mass is 32.2. The first-order valence-electron chi connectivity index (χ1n) is 6.62. The number of nitrogens with one attached hydrogen (secondary N) is 1. The molecular formula is C13H21NO4S. The van der Waals surface area contributed by atoms with Crippen molar-refractivity contribution in [2.45, 2.75) is 30.6 Å². The molecule has 2 heterocycles. The Morgan fingerprint density at radius 3 is 2.89 bits per heavy atom. The van der Waals surface area contributed by atoms with Gasteiger partial charge in [0.15, 0.2) is 4.75 Å². The van der Waals surface area contributed by atoms with Gasteiger partial charge in [-0.25, -0.2) is 0 Å². The van der Waals surface area contributed by atoms with Crippen LogP contribution in [0.15, 0.2) is 10.5 Å². The predicted molar refractivity (Wildman–Crippen MR) is 74.0 cm³/mol. The number of esters is 1. The Balaban J connectivity index is 2.30. The Morgan fingerprint density at radius 2 is 2.26 bits per heavy atom. The van der Waals surface area contributed by atoms with E-state index in [2.05, 4.69) is 5.32 Å². The molecule has 108 valence electrons. The first kappa shape index (κ1) is 14.8. The molecule has 0 fully saturated rings. The molecule has 0 aromatic carbocycles. The van der Waals surface area contributed by atoms with Gasteiger partial charge in [0.1, 0.15) is 6.10 Å². The van der Waals surface area contributed by atoms with Crippen molar-refractivity contribution >= 4 is 17.7 Å². The second-order valence-electron chi connectivity index (χ2n) is 4.68. The summed E-state index contributed by atoms with van der Waals surface area (Å²) in [5.41, 5.74) is 1.14. The van der Waals surface area contributed by atoms with Crippen LogP contribution in [0.1, 0.15) is 19.8 Å². The van der Waals surface area contributed by atoms with E-state index in [9.17, 15) is 9.90 Å². The lowest BCUT2D eigenvalue weighted by atomic mass is 9.93. The topological polar surface area (TPSA) is 67.8 Å². The van der Waals surface area contributed by atoms with Gasteiger partial charge in [-0.15, -0.1) is 11.8 Å². The Bertz CT molecular complexity index is 385. The molecule has 0 bridgehead atoms. The Kier molecular flexibility index (Phi) is 4.89. The van der Waals surface area contributed by atoms with E-state index in [0.717, 1.165) is 31.5 Å². The van der Waals surface area contributed by atoms with E-state index in [1.54, 1.807) is 14.0 Å². The molecule has 2 unspecified atom stereocenters. The van der Waals surface area contributed by atoms with Gasteiger partial charge in [-0.2, -0.15) is 0 Å². The molecule has 0 saturated heterocycles. The molecule has 2 rings (SSSR count). The van der Waals surface area contributed by atoms with Crippen LogP contribution in [-0.2, 0) is 14.3 Å². The van der Waals surface area contributed by atoms with Crippen molar-refractivity contribution in [1.29, 1.82) is 0 Å². The van der Waals surface area contributed by atoms with E-state index in [0.29, 0.717) is 6.61 Å². The van der Waals surface area contributed by atoms with E-state index >= 15 is 0 Å². The van der Waals surface area contributed by atoms with Crippen LogP contribution in [0.2, 0.25) is 0 Å². The number of hydrogen-bond donors (Lipinski definition) is 2. The molecule has 19 heavy (non-hydrogen) atoms. The fourth-order valence-electron chi connectivity index (χ4n) is 2.71. The Morgan fingerprint density at radius 1 is 1.53 bits per heavy atom. The van der Waals surface area contributed by atoms with E-state index in [4.69, 9.17) is 9.47 Å². The van der Waals surface area contributed by atoms with Crippen molar-refractivity contribution in [1.82, 2.24) is 5.32 Å². The first-order chi connectivity index (χ1) is 9.19. The highest BCUT2D eigenvalue weighted by molar-refractivity contribution is 8.05. The Labute approximate surface area is 117 Å². The van der Waals surface area contributed by atoms with Crippen LogP contribution in [0.3, 0.4) is 0 Å². The monoisotopic (exact) mass is 287 g/mol. The first-order valence-corrected chi connectivity index (χ1v) is 7.43. The van der Waals surface area contributed by atoms with Gasteiger partial charge in [-0.3, -0.25) is 4.79 Å². The smallest absolute Gasteiger partial charge is 0.328 e. The molecule has 0 aromatic heterocycles. The SMILES string of the molecule is CCOC(=O)C1(CO)SC2=C(CCNCC2)C1OC. The summed E-state index contributed by atoms with van der Waals surface area (Å²) in [6, 6.07) is 0. The van der Waals surface area contributed by atoms with E-state index < -0.39 is 10.9 Å². The van der Waals surface area contributed by atoms with Crippen LogP contribution >= 0.6 is 11.8 Å². The lowest BCUT2D eigenvalue weighted by Gasteiger charge is -2.31. The molecule has 0 aliphatic carbocycles. The molecular weight excluding hydrogens is 266 g/mol. The predicted octanol–water partition coefficient (Wildman–Crippen LogP) is 0.680. The zero-order valence-corrected chi connectivity index (χ0v) is 12.2. The number of carbonyl (C=O) groups is 1. The molecule has 2 aliphatic heterocycles. The summed E-state index contributed by atoms with van der Waals surface area (Å²) in [4.78, 5) is 13.4. The summed E-state index contributed by atoms with van der Waals surface area (Å²) in [5, 5.41) is 13.1. The molecule has 0 spiro atoms. The second-order valence-corrected chi connectivity index (χ2v) is 6.11. The molecule has 2 atom stereocenters. The van der Waals surface area contributed by atoms with Crippen LogP contribution in [0.4, 0.5) is 0 Å². The van der Waals surface area contributed by atoms with Gasteiger partial charge in [-0.05, 0) is 43.3 Å². The maximum Gasteiger partial charge on any atom is 0.328 e. The lowest BCUT2D eigenvalue weighted by Crippen LogP contribution is -2.50. The van der Waals surface area contributed by atoms with Gasteiger partial charge in [0.25, 0.3) is 0 Å². The van der Waals surface area contributed by atoms with Crippen molar-refractivity contribution in [2.75, 3.05) is 33.4 Å². The maximum atomic E-state index is 12.3. The highest BCUT2D eigenvalue weighted by Crippen LogP contribution is 2.50. The molecule has 5 nitrogen and oxygen atoms in total. The minimum atomic E-state index is -1.02. The largest absolute Gasteiger partial charge is 0.465 e. The third-order valence-corrected chi connectivity index (χ3v) is 5.18. The minimum absolute atomic E-state index is 0.268. The summed E-state index contributed by atoms with van der Waals surface area (Å²) in [7, 11) is 1.59. The van der Waals surface area contributed by atoms with Crippen LogP contribution in [-0.4, -0.2) is 55.3 Å². The average Bonchev–Trinajstić information content (AvgIpc) is 2.55. The van der Waals surface area contributed by atoms with Crippen molar-refractivity contribution in [3.05, 3.63) is 10.5 Å². The second kappa shape index (κ2) is 6.26. The van der Waals surface area contributed by atoms with Crippen LogP contribution in [0, 0.1) is 0 Å².